The smallest absolute Gasteiger partial charge is 0.292 e. The Morgan fingerprint density at radius 1 is 0.909 bits per heavy atom. The topological polar surface area (TPSA) is 97.6 Å². The molecule has 33 heavy (non-hydrogen) atoms. The molecule has 2 saturated heterocycles. The number of hydrogen-bond donors (Lipinski definition) is 0. The van der Waals surface area contributed by atoms with E-state index >= 15 is 0 Å². The van der Waals surface area contributed by atoms with Gasteiger partial charge in [-0.1, -0.05) is 0 Å². The number of benzene rings is 2. The van der Waals surface area contributed by atoms with E-state index in [-0.39, 0.29) is 16.5 Å². The highest BCUT2D eigenvalue weighted by molar-refractivity contribution is 5.95. The van der Waals surface area contributed by atoms with E-state index in [0.717, 1.165) is 5.69 Å². The SMILES string of the molecule is COc1ccc(C(=O)N2CCN(c3ccc([N+](=O)[O-])c(N4CCOCC4)c3)CC2)cc1OC. The standard InChI is InChI=1S/C23H28N4O6/c1-31-21-6-3-17(15-22(21)32-2)23(28)26-9-7-24(8-10-26)18-4-5-19(27(29)30)20(16-18)25-11-13-33-14-12-25/h3-6,15-16H,7-14H2,1-2H3. The van der Waals surface area contributed by atoms with Crippen LogP contribution in [0.4, 0.5) is 17.1 Å². The number of piperazine rings is 1. The summed E-state index contributed by atoms with van der Waals surface area (Å²) in [5, 5.41) is 11.6. The molecule has 10 heteroatoms. The third-order valence-corrected chi connectivity index (χ3v) is 6.07. The summed E-state index contributed by atoms with van der Waals surface area (Å²) in [4.78, 5) is 30.2. The minimum Gasteiger partial charge on any atom is -0.493 e. The normalized spacial score (nSPS) is 16.5. The zero-order valence-electron chi connectivity index (χ0n) is 18.9. The molecule has 0 N–H and O–H groups in total. The van der Waals surface area contributed by atoms with E-state index in [2.05, 4.69) is 4.90 Å². The first kappa shape index (κ1) is 22.7. The Morgan fingerprint density at radius 3 is 2.24 bits per heavy atom. The van der Waals surface area contributed by atoms with Crippen molar-refractivity contribution in [3.63, 3.8) is 0 Å². The second-order valence-corrected chi connectivity index (χ2v) is 7.88. The van der Waals surface area contributed by atoms with E-state index in [4.69, 9.17) is 14.2 Å². The summed E-state index contributed by atoms with van der Waals surface area (Å²) in [6.07, 6.45) is 0. The van der Waals surface area contributed by atoms with Crippen molar-refractivity contribution in [2.75, 3.05) is 76.5 Å². The van der Waals surface area contributed by atoms with Gasteiger partial charge in [-0.2, -0.15) is 0 Å². The van der Waals surface area contributed by atoms with Crippen molar-refractivity contribution in [3.8, 4) is 11.5 Å². The van der Waals surface area contributed by atoms with Crippen LogP contribution in [0.3, 0.4) is 0 Å². The van der Waals surface area contributed by atoms with E-state index in [1.54, 1.807) is 44.6 Å². The molecule has 0 aromatic heterocycles. The number of carbonyl (C=O) groups is 1. The number of amides is 1. The number of morpholine rings is 1. The lowest BCUT2D eigenvalue weighted by Gasteiger charge is -2.37. The highest BCUT2D eigenvalue weighted by Gasteiger charge is 2.26. The average molecular weight is 456 g/mol. The lowest BCUT2D eigenvalue weighted by Crippen LogP contribution is -2.48. The lowest BCUT2D eigenvalue weighted by atomic mass is 10.1. The first-order chi connectivity index (χ1) is 16.0. The number of hydrogen-bond acceptors (Lipinski definition) is 8. The fraction of sp³-hybridized carbons (Fsp3) is 0.435. The maximum atomic E-state index is 13.0. The molecule has 2 fully saturated rings. The molecule has 0 radical (unpaired) electrons. The minimum absolute atomic E-state index is 0.0618. The largest absolute Gasteiger partial charge is 0.493 e. The lowest BCUT2D eigenvalue weighted by molar-refractivity contribution is -0.384. The number of rotatable bonds is 6. The van der Waals surface area contributed by atoms with Gasteiger partial charge in [0.1, 0.15) is 5.69 Å². The summed E-state index contributed by atoms with van der Waals surface area (Å²) in [5.74, 6) is 1.03. The van der Waals surface area contributed by atoms with Crippen molar-refractivity contribution in [1.82, 2.24) is 4.90 Å². The molecule has 2 heterocycles. The number of anilines is 2. The van der Waals surface area contributed by atoms with Gasteiger partial charge in [0.05, 0.1) is 32.4 Å². The van der Waals surface area contributed by atoms with E-state index in [9.17, 15) is 14.9 Å². The maximum Gasteiger partial charge on any atom is 0.292 e. The van der Waals surface area contributed by atoms with Gasteiger partial charge in [0.15, 0.2) is 11.5 Å². The Labute approximate surface area is 192 Å². The molecule has 0 aliphatic carbocycles. The van der Waals surface area contributed by atoms with Gasteiger partial charge in [-0.05, 0) is 30.3 Å². The minimum atomic E-state index is -0.339. The molecule has 2 aromatic rings. The van der Waals surface area contributed by atoms with Crippen LogP contribution in [-0.2, 0) is 4.74 Å². The van der Waals surface area contributed by atoms with Gasteiger partial charge in [0.25, 0.3) is 11.6 Å². The van der Waals surface area contributed by atoms with E-state index in [0.29, 0.717) is 75.2 Å². The Bertz CT molecular complexity index is 1020. The van der Waals surface area contributed by atoms with E-state index in [1.165, 1.54) is 0 Å². The van der Waals surface area contributed by atoms with Crippen LogP contribution in [0.1, 0.15) is 10.4 Å². The van der Waals surface area contributed by atoms with Gasteiger partial charge >= 0.3 is 0 Å². The number of methoxy groups -OCH3 is 2. The predicted octanol–water partition coefficient (Wildman–Crippen LogP) is 2.41. The molecule has 1 amide bonds. The van der Waals surface area contributed by atoms with E-state index < -0.39 is 0 Å². The third-order valence-electron chi connectivity index (χ3n) is 6.07. The summed E-state index contributed by atoms with van der Waals surface area (Å²) < 4.78 is 16.0. The van der Waals surface area contributed by atoms with Gasteiger partial charge in [-0.15, -0.1) is 0 Å². The highest BCUT2D eigenvalue weighted by atomic mass is 16.6. The fourth-order valence-electron chi connectivity index (χ4n) is 4.24. The molecule has 176 valence electrons. The molecular formula is C23H28N4O6. The number of carbonyl (C=O) groups excluding carboxylic acids is 1. The van der Waals surface area contributed by atoms with Crippen molar-refractivity contribution in [2.24, 2.45) is 0 Å². The van der Waals surface area contributed by atoms with Gasteiger partial charge in [-0.25, -0.2) is 0 Å². The van der Waals surface area contributed by atoms with Crippen LogP contribution in [-0.4, -0.2) is 82.4 Å². The van der Waals surface area contributed by atoms with Crippen LogP contribution < -0.4 is 19.3 Å². The molecule has 2 aromatic carbocycles. The van der Waals surface area contributed by atoms with Crippen molar-refractivity contribution >= 4 is 23.0 Å². The number of nitrogens with zero attached hydrogens (tertiary/aromatic N) is 4. The molecule has 0 atom stereocenters. The summed E-state index contributed by atoms with van der Waals surface area (Å²) >= 11 is 0. The molecule has 0 saturated carbocycles. The molecular weight excluding hydrogens is 428 g/mol. The van der Waals surface area contributed by atoms with Gasteiger partial charge < -0.3 is 28.9 Å². The zero-order chi connectivity index (χ0) is 23.4. The monoisotopic (exact) mass is 456 g/mol. The number of nitro groups is 1. The van der Waals surface area contributed by atoms with Crippen molar-refractivity contribution in [3.05, 3.63) is 52.1 Å². The molecule has 2 aliphatic rings. The second-order valence-electron chi connectivity index (χ2n) is 7.88. The Balaban J connectivity index is 1.46. The second kappa shape index (κ2) is 9.95. The van der Waals surface area contributed by atoms with Crippen LogP contribution in [0.15, 0.2) is 36.4 Å². The summed E-state index contributed by atoms with van der Waals surface area (Å²) in [5.41, 5.74) is 2.18. The van der Waals surface area contributed by atoms with Crippen LogP contribution >= 0.6 is 0 Å². The van der Waals surface area contributed by atoms with Crippen LogP contribution in [0, 0.1) is 10.1 Å². The fourth-order valence-corrected chi connectivity index (χ4v) is 4.24. The predicted molar refractivity (Wildman–Crippen MR) is 124 cm³/mol. The summed E-state index contributed by atoms with van der Waals surface area (Å²) in [7, 11) is 3.10. The number of ether oxygens (including phenoxy) is 3. The summed E-state index contributed by atoms with van der Waals surface area (Å²) in [6.45, 7) is 4.74. The highest BCUT2D eigenvalue weighted by Crippen LogP contribution is 2.34. The quantitative estimate of drug-likeness (QED) is 0.483. The maximum absolute atomic E-state index is 13.0. The summed E-state index contributed by atoms with van der Waals surface area (Å²) in [6, 6.07) is 10.4. The molecule has 2 aliphatic heterocycles. The first-order valence-corrected chi connectivity index (χ1v) is 10.9. The molecule has 10 nitrogen and oxygen atoms in total. The Morgan fingerprint density at radius 2 is 1.61 bits per heavy atom. The molecule has 4 rings (SSSR count). The van der Waals surface area contributed by atoms with Crippen molar-refractivity contribution in [1.29, 1.82) is 0 Å². The van der Waals surface area contributed by atoms with E-state index in [1.807, 2.05) is 15.9 Å². The van der Waals surface area contributed by atoms with Crippen LogP contribution in [0.25, 0.3) is 0 Å². The van der Waals surface area contributed by atoms with Gasteiger partial charge in [0.2, 0.25) is 0 Å². The molecule has 0 unspecified atom stereocenters. The Kier molecular flexibility index (Phi) is 6.83. The average Bonchev–Trinajstić information content (AvgIpc) is 2.88. The first-order valence-electron chi connectivity index (χ1n) is 10.9. The molecule has 0 bridgehead atoms. The molecule has 0 spiro atoms. The zero-order valence-corrected chi connectivity index (χ0v) is 18.9. The van der Waals surface area contributed by atoms with Crippen LogP contribution in [0.2, 0.25) is 0 Å². The Hall–Kier alpha value is -3.53. The number of nitro benzene ring substituents is 1. The van der Waals surface area contributed by atoms with Crippen LogP contribution in [0.5, 0.6) is 11.5 Å². The van der Waals surface area contributed by atoms with Gasteiger partial charge in [-0.3, -0.25) is 14.9 Å². The third kappa shape index (κ3) is 4.80. The van der Waals surface area contributed by atoms with Crippen molar-refractivity contribution < 1.29 is 23.9 Å². The van der Waals surface area contributed by atoms with Gasteiger partial charge in [0, 0.05) is 56.6 Å². The van der Waals surface area contributed by atoms with Crippen molar-refractivity contribution in [2.45, 2.75) is 0 Å².